The second-order valence-electron chi connectivity index (χ2n) is 7.39. The number of nitrogens with two attached hydrogens (primary N) is 1. The molecule has 156 valence electrons. The lowest BCUT2D eigenvalue weighted by molar-refractivity contribution is -0.121. The highest BCUT2D eigenvalue weighted by molar-refractivity contribution is 5.97. The first-order chi connectivity index (χ1) is 14.2. The molecular formula is C24H26ClN3O2. The van der Waals surface area contributed by atoms with Crippen LogP contribution in [0.15, 0.2) is 66.7 Å². The summed E-state index contributed by atoms with van der Waals surface area (Å²) in [4.78, 5) is 26.7. The number of para-hydroxylation sites is 1. The van der Waals surface area contributed by atoms with Crippen molar-refractivity contribution in [3.8, 4) is 0 Å². The minimum atomic E-state index is -0.253. The van der Waals surface area contributed by atoms with Crippen molar-refractivity contribution in [1.29, 1.82) is 0 Å². The van der Waals surface area contributed by atoms with Gasteiger partial charge in [-0.3, -0.25) is 9.59 Å². The summed E-state index contributed by atoms with van der Waals surface area (Å²) in [5.74, 6) is -0.0362. The third-order valence-corrected chi connectivity index (χ3v) is 5.50. The maximum Gasteiger partial charge on any atom is 0.227 e. The van der Waals surface area contributed by atoms with Gasteiger partial charge in [-0.25, -0.2) is 0 Å². The van der Waals surface area contributed by atoms with Gasteiger partial charge >= 0.3 is 0 Å². The number of anilines is 1. The predicted molar refractivity (Wildman–Crippen MR) is 123 cm³/mol. The molecular weight excluding hydrogens is 398 g/mol. The summed E-state index contributed by atoms with van der Waals surface area (Å²) in [5.41, 5.74) is 9.00. The number of hydrogen-bond donors (Lipinski definition) is 2. The van der Waals surface area contributed by atoms with Crippen LogP contribution < -0.4 is 16.0 Å². The number of aryl methyl sites for hydroxylation is 1. The monoisotopic (exact) mass is 423 g/mol. The molecule has 5 nitrogen and oxygen atoms in total. The number of carbonyl (C=O) groups is 2. The van der Waals surface area contributed by atoms with E-state index in [1.165, 1.54) is 0 Å². The minimum absolute atomic E-state index is 0. The second-order valence-corrected chi connectivity index (χ2v) is 7.39. The van der Waals surface area contributed by atoms with E-state index in [9.17, 15) is 9.59 Å². The molecule has 0 saturated carbocycles. The molecule has 30 heavy (non-hydrogen) atoms. The predicted octanol–water partition coefficient (Wildman–Crippen LogP) is 3.75. The lowest BCUT2D eigenvalue weighted by atomic mass is 10.0. The zero-order chi connectivity index (χ0) is 20.2. The Balaban J connectivity index is 0.00000256. The Labute approximate surface area is 182 Å². The Morgan fingerprint density at radius 3 is 2.53 bits per heavy atom. The quantitative estimate of drug-likeness (QED) is 0.634. The van der Waals surface area contributed by atoms with Crippen molar-refractivity contribution >= 4 is 40.7 Å². The van der Waals surface area contributed by atoms with Crippen LogP contribution >= 0.6 is 12.4 Å². The van der Waals surface area contributed by atoms with Crippen LogP contribution in [0.4, 0.5) is 5.69 Å². The van der Waals surface area contributed by atoms with Crippen molar-refractivity contribution in [2.45, 2.75) is 25.3 Å². The van der Waals surface area contributed by atoms with Crippen LogP contribution in [0.1, 0.15) is 30.0 Å². The van der Waals surface area contributed by atoms with Crippen LogP contribution in [-0.2, 0) is 16.0 Å². The molecule has 1 atom stereocenters. The number of nitrogens with zero attached hydrogens (tertiary/aromatic N) is 1. The van der Waals surface area contributed by atoms with Crippen LogP contribution in [0.3, 0.4) is 0 Å². The topological polar surface area (TPSA) is 75.4 Å². The van der Waals surface area contributed by atoms with Gasteiger partial charge in [0.15, 0.2) is 0 Å². The number of hydrogen-bond acceptors (Lipinski definition) is 3. The molecule has 0 spiro atoms. The number of fused-ring (bicyclic) bond motifs is 2. The lowest BCUT2D eigenvalue weighted by Crippen LogP contribution is -2.39. The summed E-state index contributed by atoms with van der Waals surface area (Å²) in [6, 6.07) is 21.9. The normalized spacial score (nSPS) is 14.0. The average molecular weight is 424 g/mol. The van der Waals surface area contributed by atoms with E-state index < -0.39 is 0 Å². The van der Waals surface area contributed by atoms with Crippen molar-refractivity contribution in [2.75, 3.05) is 18.0 Å². The first-order valence-electron chi connectivity index (χ1n) is 10.0. The van der Waals surface area contributed by atoms with E-state index in [0.29, 0.717) is 19.5 Å². The smallest absolute Gasteiger partial charge is 0.227 e. The van der Waals surface area contributed by atoms with Gasteiger partial charge in [0.25, 0.3) is 0 Å². The number of rotatable bonds is 6. The summed E-state index contributed by atoms with van der Waals surface area (Å²) in [6.07, 6.45) is 1.49. The van der Waals surface area contributed by atoms with Gasteiger partial charge in [0.05, 0.1) is 6.04 Å². The minimum Gasteiger partial charge on any atom is -0.348 e. The summed E-state index contributed by atoms with van der Waals surface area (Å²) in [5, 5.41) is 5.30. The molecule has 1 unspecified atom stereocenters. The molecule has 4 rings (SSSR count). The Hall–Kier alpha value is -2.89. The summed E-state index contributed by atoms with van der Waals surface area (Å²) < 4.78 is 0. The highest BCUT2D eigenvalue weighted by Gasteiger charge is 2.24. The molecule has 0 fully saturated rings. The zero-order valence-electron chi connectivity index (χ0n) is 16.7. The van der Waals surface area contributed by atoms with Crippen molar-refractivity contribution in [2.24, 2.45) is 5.73 Å². The first-order valence-corrected chi connectivity index (χ1v) is 10.0. The van der Waals surface area contributed by atoms with Gasteiger partial charge in [0.2, 0.25) is 11.8 Å². The van der Waals surface area contributed by atoms with Gasteiger partial charge in [0, 0.05) is 31.6 Å². The number of nitrogens with one attached hydrogen (secondary N) is 1. The lowest BCUT2D eigenvalue weighted by Gasteiger charge is -2.29. The number of halogens is 1. The van der Waals surface area contributed by atoms with Crippen LogP contribution in [0.25, 0.3) is 10.8 Å². The van der Waals surface area contributed by atoms with E-state index in [2.05, 4.69) is 17.4 Å². The first kappa shape index (κ1) is 21.8. The van der Waals surface area contributed by atoms with Gasteiger partial charge in [0.1, 0.15) is 0 Å². The molecule has 0 aliphatic carbocycles. The Bertz CT molecular complexity index is 1050. The van der Waals surface area contributed by atoms with Crippen LogP contribution in [0.5, 0.6) is 0 Å². The van der Waals surface area contributed by atoms with Gasteiger partial charge < -0.3 is 16.0 Å². The van der Waals surface area contributed by atoms with E-state index in [1.807, 2.05) is 54.6 Å². The molecule has 0 radical (unpaired) electrons. The highest BCUT2D eigenvalue weighted by Crippen LogP contribution is 2.27. The van der Waals surface area contributed by atoms with Gasteiger partial charge in [-0.2, -0.15) is 0 Å². The van der Waals surface area contributed by atoms with Crippen molar-refractivity contribution in [3.63, 3.8) is 0 Å². The molecule has 1 aliphatic rings. The van der Waals surface area contributed by atoms with Crippen molar-refractivity contribution < 1.29 is 9.59 Å². The molecule has 0 aromatic heterocycles. The molecule has 1 heterocycles. The third kappa shape index (κ3) is 4.64. The maximum atomic E-state index is 12.6. The Morgan fingerprint density at radius 2 is 1.73 bits per heavy atom. The van der Waals surface area contributed by atoms with E-state index in [1.54, 1.807) is 4.90 Å². The number of benzene rings is 3. The Morgan fingerprint density at radius 1 is 1.00 bits per heavy atom. The number of amides is 2. The van der Waals surface area contributed by atoms with Gasteiger partial charge in [-0.15, -0.1) is 12.4 Å². The molecule has 3 N–H and O–H groups in total. The molecule has 6 heteroatoms. The van der Waals surface area contributed by atoms with Crippen molar-refractivity contribution in [3.05, 3.63) is 77.9 Å². The second kappa shape index (κ2) is 9.74. The van der Waals surface area contributed by atoms with Crippen LogP contribution in [0.2, 0.25) is 0 Å². The SMILES string of the molecule is Cl.NCC(NC(=O)CCN1C(=O)CCc2ccccc21)c1ccc2ccccc2c1. The van der Waals surface area contributed by atoms with Crippen molar-refractivity contribution in [1.82, 2.24) is 5.32 Å². The molecule has 0 bridgehead atoms. The molecule has 3 aromatic rings. The largest absolute Gasteiger partial charge is 0.348 e. The average Bonchev–Trinajstić information content (AvgIpc) is 2.76. The maximum absolute atomic E-state index is 12.6. The summed E-state index contributed by atoms with van der Waals surface area (Å²) in [7, 11) is 0. The third-order valence-electron chi connectivity index (χ3n) is 5.50. The fraction of sp³-hybridized carbons (Fsp3) is 0.250. The Kier molecular flexibility index (Phi) is 7.08. The highest BCUT2D eigenvalue weighted by atomic mass is 35.5. The van der Waals surface area contributed by atoms with E-state index >= 15 is 0 Å². The molecule has 1 aliphatic heterocycles. The van der Waals surface area contributed by atoms with E-state index in [4.69, 9.17) is 5.73 Å². The summed E-state index contributed by atoms with van der Waals surface area (Å²) in [6.45, 7) is 0.687. The fourth-order valence-corrected chi connectivity index (χ4v) is 3.92. The molecule has 3 aromatic carbocycles. The van der Waals surface area contributed by atoms with E-state index in [-0.39, 0.29) is 36.7 Å². The number of carbonyl (C=O) groups excluding carboxylic acids is 2. The van der Waals surface area contributed by atoms with E-state index in [0.717, 1.165) is 34.0 Å². The molecule has 2 amide bonds. The van der Waals surface area contributed by atoms with Gasteiger partial charge in [-0.1, -0.05) is 54.6 Å². The zero-order valence-corrected chi connectivity index (χ0v) is 17.5. The van der Waals surface area contributed by atoms with Gasteiger partial charge in [-0.05, 0) is 40.5 Å². The summed E-state index contributed by atoms with van der Waals surface area (Å²) >= 11 is 0. The molecule has 0 saturated heterocycles. The fourth-order valence-electron chi connectivity index (χ4n) is 3.92. The van der Waals surface area contributed by atoms with Crippen LogP contribution in [0, 0.1) is 0 Å². The standard InChI is InChI=1S/C24H25N3O2.ClH/c25-16-21(20-10-9-17-5-1-2-7-19(17)15-20)26-23(28)13-14-27-22-8-4-3-6-18(22)11-12-24(27)29;/h1-10,15,21H,11-14,16,25H2,(H,26,28);1H. The van der Waals surface area contributed by atoms with Crippen LogP contribution in [-0.4, -0.2) is 24.9 Å².